The number of thiophene rings is 1. The lowest BCUT2D eigenvalue weighted by molar-refractivity contribution is 0.185. The van der Waals surface area contributed by atoms with Crippen LogP contribution in [-0.4, -0.2) is 23.3 Å². The molecular formula is C20H17ClN2O3S. The van der Waals surface area contributed by atoms with Gasteiger partial charge in [-0.2, -0.15) is 0 Å². The average Bonchev–Trinajstić information content (AvgIpc) is 3.32. The molecule has 0 N–H and O–H groups in total. The van der Waals surface area contributed by atoms with Gasteiger partial charge in [0.1, 0.15) is 16.4 Å². The molecule has 27 heavy (non-hydrogen) atoms. The Balaban J connectivity index is 1.85. The molecule has 0 spiro atoms. The van der Waals surface area contributed by atoms with Gasteiger partial charge in [0.2, 0.25) is 0 Å². The Morgan fingerprint density at radius 1 is 1.26 bits per heavy atom. The summed E-state index contributed by atoms with van der Waals surface area (Å²) in [4.78, 5) is 18.8. The Labute approximate surface area is 164 Å². The smallest absolute Gasteiger partial charge is 0.263 e. The predicted molar refractivity (Wildman–Crippen MR) is 108 cm³/mol. The molecule has 0 saturated heterocycles. The first-order valence-corrected chi connectivity index (χ1v) is 9.71. The highest BCUT2D eigenvalue weighted by molar-refractivity contribution is 7.17. The summed E-state index contributed by atoms with van der Waals surface area (Å²) in [5.74, 6) is 1.38. The van der Waals surface area contributed by atoms with Crippen LogP contribution < -0.4 is 5.56 Å². The Bertz CT molecular complexity index is 1110. The first-order valence-electron chi connectivity index (χ1n) is 8.45. The highest BCUT2D eigenvalue weighted by Crippen LogP contribution is 2.31. The van der Waals surface area contributed by atoms with Crippen molar-refractivity contribution in [2.45, 2.75) is 13.0 Å². The maximum Gasteiger partial charge on any atom is 0.263 e. The van der Waals surface area contributed by atoms with Crippen molar-refractivity contribution in [2.75, 3.05) is 13.7 Å². The van der Waals surface area contributed by atoms with Gasteiger partial charge in [-0.1, -0.05) is 23.7 Å². The van der Waals surface area contributed by atoms with Crippen molar-refractivity contribution in [3.8, 4) is 11.3 Å². The van der Waals surface area contributed by atoms with Gasteiger partial charge in [-0.25, -0.2) is 4.98 Å². The lowest BCUT2D eigenvalue weighted by Crippen LogP contribution is -2.27. The van der Waals surface area contributed by atoms with Crippen LogP contribution in [0, 0.1) is 0 Å². The van der Waals surface area contributed by atoms with Crippen LogP contribution in [0.15, 0.2) is 57.3 Å². The zero-order valence-electron chi connectivity index (χ0n) is 14.6. The molecule has 4 rings (SSSR count). The number of methoxy groups -OCH3 is 1. The van der Waals surface area contributed by atoms with E-state index in [4.69, 9.17) is 25.7 Å². The molecule has 3 heterocycles. The number of ether oxygens (including phenoxy) is 1. The van der Waals surface area contributed by atoms with Gasteiger partial charge in [0, 0.05) is 29.5 Å². The van der Waals surface area contributed by atoms with E-state index in [1.165, 1.54) is 11.3 Å². The summed E-state index contributed by atoms with van der Waals surface area (Å²) in [7, 11) is 1.62. The second-order valence-electron chi connectivity index (χ2n) is 6.09. The highest BCUT2D eigenvalue weighted by Gasteiger charge is 2.18. The first-order chi connectivity index (χ1) is 13.2. The van der Waals surface area contributed by atoms with Crippen LogP contribution in [0.5, 0.6) is 0 Å². The largest absolute Gasteiger partial charge is 0.464 e. The lowest BCUT2D eigenvalue weighted by atomic mass is 10.1. The van der Waals surface area contributed by atoms with Crippen LogP contribution in [0.25, 0.3) is 21.5 Å². The predicted octanol–water partition coefficient (Wildman–Crippen LogP) is 4.61. The molecule has 0 bridgehead atoms. The fourth-order valence-electron chi connectivity index (χ4n) is 3.01. The number of hydrogen-bond donors (Lipinski definition) is 0. The second-order valence-corrected chi connectivity index (χ2v) is 7.38. The number of nitrogens with zero attached hydrogens (tertiary/aromatic N) is 2. The molecule has 0 unspecified atom stereocenters. The van der Waals surface area contributed by atoms with Crippen LogP contribution in [0.1, 0.15) is 11.4 Å². The third-order valence-corrected chi connectivity index (χ3v) is 5.48. The Morgan fingerprint density at radius 2 is 2.07 bits per heavy atom. The Kier molecular flexibility index (Phi) is 5.11. The van der Waals surface area contributed by atoms with Gasteiger partial charge in [0.15, 0.2) is 0 Å². The van der Waals surface area contributed by atoms with Crippen molar-refractivity contribution in [1.29, 1.82) is 0 Å². The molecule has 1 aromatic carbocycles. The van der Waals surface area contributed by atoms with Crippen molar-refractivity contribution >= 4 is 33.2 Å². The second kappa shape index (κ2) is 7.68. The molecule has 0 amide bonds. The molecule has 138 valence electrons. The molecule has 0 aliphatic heterocycles. The van der Waals surface area contributed by atoms with E-state index >= 15 is 0 Å². The van der Waals surface area contributed by atoms with Crippen LogP contribution in [0.2, 0.25) is 5.02 Å². The Hall–Kier alpha value is -2.41. The van der Waals surface area contributed by atoms with Gasteiger partial charge in [0.05, 0.1) is 24.8 Å². The molecule has 0 radical (unpaired) electrons. The van der Waals surface area contributed by atoms with E-state index in [9.17, 15) is 4.79 Å². The third kappa shape index (κ3) is 3.56. The topological polar surface area (TPSA) is 57.3 Å². The summed E-state index contributed by atoms with van der Waals surface area (Å²) in [5.41, 5.74) is 1.75. The quantitative estimate of drug-likeness (QED) is 0.474. The molecule has 0 fully saturated rings. The first kappa shape index (κ1) is 18.0. The summed E-state index contributed by atoms with van der Waals surface area (Å²) < 4.78 is 12.4. The standard InChI is InChI=1S/C20H17ClN2O3S/c1-25-10-8-23-17(11-13-4-6-14(21)7-5-13)22-19-18(20(23)24)15(12-27-19)16-3-2-9-26-16/h2-7,9,12H,8,10-11H2,1H3. The molecular weight excluding hydrogens is 384 g/mol. The number of rotatable bonds is 6. The van der Waals surface area contributed by atoms with Crippen LogP contribution in [0.3, 0.4) is 0 Å². The van der Waals surface area contributed by atoms with Gasteiger partial charge in [-0.05, 0) is 29.8 Å². The summed E-state index contributed by atoms with van der Waals surface area (Å²) in [5, 5.41) is 3.19. The minimum Gasteiger partial charge on any atom is -0.464 e. The number of halogens is 1. The summed E-state index contributed by atoms with van der Waals surface area (Å²) >= 11 is 7.42. The van der Waals surface area contributed by atoms with Crippen LogP contribution in [-0.2, 0) is 17.7 Å². The van der Waals surface area contributed by atoms with Crippen molar-refractivity contribution in [2.24, 2.45) is 0 Å². The third-order valence-electron chi connectivity index (χ3n) is 4.35. The fraction of sp³-hybridized carbons (Fsp3) is 0.200. The molecule has 3 aromatic heterocycles. The summed E-state index contributed by atoms with van der Waals surface area (Å²) in [6.07, 6.45) is 2.14. The van der Waals surface area contributed by atoms with Crippen LogP contribution in [0.4, 0.5) is 0 Å². The van der Waals surface area contributed by atoms with Gasteiger partial charge in [0.25, 0.3) is 5.56 Å². The van der Waals surface area contributed by atoms with E-state index in [-0.39, 0.29) is 5.56 Å². The Morgan fingerprint density at radius 3 is 2.78 bits per heavy atom. The monoisotopic (exact) mass is 400 g/mol. The van der Waals surface area contributed by atoms with Gasteiger partial charge in [-0.15, -0.1) is 11.3 Å². The summed E-state index contributed by atoms with van der Waals surface area (Å²) in [6.45, 7) is 0.871. The number of benzene rings is 1. The number of hydrogen-bond acceptors (Lipinski definition) is 5. The van der Waals surface area contributed by atoms with Crippen LogP contribution >= 0.6 is 22.9 Å². The molecule has 0 saturated carbocycles. The van der Waals surface area contributed by atoms with E-state index in [0.717, 1.165) is 11.1 Å². The normalized spacial score (nSPS) is 11.3. The zero-order valence-corrected chi connectivity index (χ0v) is 16.2. The maximum atomic E-state index is 13.3. The van der Waals surface area contributed by atoms with Crippen molar-refractivity contribution in [3.05, 3.63) is 74.8 Å². The van der Waals surface area contributed by atoms with Gasteiger partial charge < -0.3 is 9.15 Å². The highest BCUT2D eigenvalue weighted by atomic mass is 35.5. The molecule has 5 nitrogen and oxygen atoms in total. The van der Waals surface area contributed by atoms with E-state index in [1.54, 1.807) is 17.9 Å². The molecule has 0 atom stereocenters. The van der Waals surface area contributed by atoms with E-state index in [1.807, 2.05) is 41.8 Å². The van der Waals surface area contributed by atoms with Gasteiger partial charge in [-0.3, -0.25) is 9.36 Å². The fourth-order valence-corrected chi connectivity index (χ4v) is 4.08. The van der Waals surface area contributed by atoms with Crippen molar-refractivity contribution < 1.29 is 9.15 Å². The number of aromatic nitrogens is 2. The van der Waals surface area contributed by atoms with E-state index in [0.29, 0.717) is 46.4 Å². The average molecular weight is 401 g/mol. The van der Waals surface area contributed by atoms with E-state index < -0.39 is 0 Å². The molecule has 0 aliphatic carbocycles. The van der Waals surface area contributed by atoms with Gasteiger partial charge >= 0.3 is 0 Å². The van der Waals surface area contributed by atoms with E-state index in [2.05, 4.69) is 0 Å². The van der Waals surface area contributed by atoms with Crippen molar-refractivity contribution in [1.82, 2.24) is 9.55 Å². The number of furan rings is 1. The maximum absolute atomic E-state index is 13.3. The zero-order chi connectivity index (χ0) is 18.8. The lowest BCUT2D eigenvalue weighted by Gasteiger charge is -2.12. The summed E-state index contributed by atoms with van der Waals surface area (Å²) in [6, 6.07) is 11.2. The van der Waals surface area contributed by atoms with Crippen molar-refractivity contribution in [3.63, 3.8) is 0 Å². The minimum absolute atomic E-state index is 0.0753. The SMILES string of the molecule is COCCn1c(Cc2ccc(Cl)cc2)nc2scc(-c3ccco3)c2c1=O. The number of fused-ring (bicyclic) bond motifs is 1. The minimum atomic E-state index is -0.0753. The molecule has 7 heteroatoms. The molecule has 4 aromatic rings. The molecule has 0 aliphatic rings.